The van der Waals surface area contributed by atoms with Gasteiger partial charge in [-0.25, -0.2) is 5.43 Å². The molecule has 1 atom stereocenters. The number of aliphatic carboxylic acids is 1. The Morgan fingerprint density at radius 3 is 2.78 bits per heavy atom. The number of nitrogens with one attached hydrogen (secondary N) is 1. The van der Waals surface area contributed by atoms with Crippen LogP contribution < -0.4 is 11.2 Å². The lowest BCUT2D eigenvalue weighted by Gasteiger charge is -2.05. The number of nitrogens with two attached hydrogens (primary N) is 1. The fourth-order valence-electron chi connectivity index (χ4n) is 1.14. The van der Waals surface area contributed by atoms with Gasteiger partial charge in [0.25, 0.3) is 0 Å². The highest BCUT2D eigenvalue weighted by molar-refractivity contribution is 5.84. The number of amides is 1. The van der Waals surface area contributed by atoms with Gasteiger partial charge in [0.2, 0.25) is 5.91 Å². The molecule has 18 heavy (non-hydrogen) atoms. The van der Waals surface area contributed by atoms with Crippen LogP contribution in [0.25, 0.3) is 0 Å². The predicted octanol–water partition coefficient (Wildman–Crippen LogP) is 0.0869. The predicted molar refractivity (Wildman–Crippen MR) is 65.7 cm³/mol. The van der Waals surface area contributed by atoms with E-state index in [-0.39, 0.29) is 12.3 Å². The van der Waals surface area contributed by atoms with Crippen molar-refractivity contribution in [1.82, 2.24) is 5.43 Å². The maximum absolute atomic E-state index is 10.6. The summed E-state index contributed by atoms with van der Waals surface area (Å²) in [6.45, 7) is 1.35. The fraction of sp³-hybridized carbons (Fsp3) is 0.250. The first-order valence-electron chi connectivity index (χ1n) is 5.20. The van der Waals surface area contributed by atoms with Gasteiger partial charge in [0, 0.05) is 24.5 Å². The van der Waals surface area contributed by atoms with Crippen LogP contribution >= 0.6 is 0 Å². The summed E-state index contributed by atoms with van der Waals surface area (Å²) >= 11 is 0. The van der Waals surface area contributed by atoms with Crippen molar-refractivity contribution in [2.45, 2.75) is 19.4 Å². The molecule has 1 unspecified atom stereocenters. The molecule has 1 rings (SSSR count). The largest absolute Gasteiger partial charge is 0.480 e. The van der Waals surface area contributed by atoms with Crippen molar-refractivity contribution in [2.75, 3.05) is 0 Å². The van der Waals surface area contributed by atoms with Crippen LogP contribution in [0.5, 0.6) is 0 Å². The number of carbonyl (C=O) groups excluding carboxylic acids is 1. The number of rotatable bonds is 5. The second-order valence-electron chi connectivity index (χ2n) is 3.64. The van der Waals surface area contributed by atoms with E-state index in [0.717, 1.165) is 0 Å². The summed E-state index contributed by atoms with van der Waals surface area (Å²) in [6, 6.07) is -0.950. The SMILES string of the molecule is CC(=O)N/N=C/C1=C=C=C(CC(N)C(=O)O)C=C1. The Morgan fingerprint density at radius 2 is 2.28 bits per heavy atom. The number of hydrogen-bond acceptors (Lipinski definition) is 4. The summed E-state index contributed by atoms with van der Waals surface area (Å²) in [5, 5.41) is 12.3. The molecule has 0 aromatic rings. The second-order valence-corrected chi connectivity index (χ2v) is 3.64. The summed E-state index contributed by atoms with van der Waals surface area (Å²) in [5.41, 5.74) is 14.5. The average Bonchev–Trinajstić information content (AvgIpc) is 2.30. The van der Waals surface area contributed by atoms with Crippen molar-refractivity contribution < 1.29 is 14.7 Å². The molecule has 0 aromatic heterocycles. The van der Waals surface area contributed by atoms with Gasteiger partial charge in [-0.2, -0.15) is 5.10 Å². The highest BCUT2D eigenvalue weighted by Crippen LogP contribution is 2.09. The molecule has 0 heterocycles. The minimum atomic E-state index is -1.06. The summed E-state index contributed by atoms with van der Waals surface area (Å²) in [6.07, 6.45) is 4.98. The number of allylic oxidation sites excluding steroid dienone is 3. The third-order valence-electron chi connectivity index (χ3n) is 2.01. The quantitative estimate of drug-likeness (QED) is 0.363. The van der Waals surface area contributed by atoms with Gasteiger partial charge >= 0.3 is 5.97 Å². The molecule has 1 aliphatic rings. The maximum Gasteiger partial charge on any atom is 0.320 e. The number of carboxylic acids is 1. The molecule has 94 valence electrons. The molecule has 0 radical (unpaired) electrons. The summed E-state index contributed by atoms with van der Waals surface area (Å²) < 4.78 is 0. The number of hydrazone groups is 1. The summed E-state index contributed by atoms with van der Waals surface area (Å²) in [5.74, 6) is -1.32. The Labute approximate surface area is 104 Å². The number of carbonyl (C=O) groups is 2. The minimum Gasteiger partial charge on any atom is -0.480 e. The van der Waals surface area contributed by atoms with Crippen LogP contribution in [0, 0.1) is 0 Å². The van der Waals surface area contributed by atoms with Crippen molar-refractivity contribution in [1.29, 1.82) is 0 Å². The van der Waals surface area contributed by atoms with Crippen LogP contribution in [0.3, 0.4) is 0 Å². The van der Waals surface area contributed by atoms with E-state index in [4.69, 9.17) is 10.8 Å². The van der Waals surface area contributed by atoms with Crippen LogP contribution in [-0.4, -0.2) is 29.2 Å². The zero-order valence-electron chi connectivity index (χ0n) is 9.80. The van der Waals surface area contributed by atoms with Crippen molar-refractivity contribution >= 4 is 18.1 Å². The first kappa shape index (κ1) is 13.7. The Kier molecular flexibility index (Phi) is 4.84. The van der Waals surface area contributed by atoms with Crippen molar-refractivity contribution in [3.8, 4) is 0 Å². The minimum absolute atomic E-state index is 0.189. The normalized spacial score (nSPS) is 15.2. The molecular formula is C12H13N3O3. The van der Waals surface area contributed by atoms with E-state index >= 15 is 0 Å². The fourth-order valence-corrected chi connectivity index (χ4v) is 1.14. The summed E-state index contributed by atoms with van der Waals surface area (Å²) in [7, 11) is 0. The molecule has 0 saturated carbocycles. The molecule has 0 spiro atoms. The van der Waals surface area contributed by atoms with E-state index in [1.165, 1.54) is 13.1 Å². The summed E-state index contributed by atoms with van der Waals surface area (Å²) in [4.78, 5) is 21.1. The molecule has 0 aromatic carbocycles. The number of nitrogens with zero attached hydrogens (tertiary/aromatic N) is 1. The van der Waals surface area contributed by atoms with Crippen LogP contribution in [0.1, 0.15) is 13.3 Å². The average molecular weight is 247 g/mol. The van der Waals surface area contributed by atoms with Crippen LogP contribution in [-0.2, 0) is 9.59 Å². The van der Waals surface area contributed by atoms with E-state index in [9.17, 15) is 9.59 Å². The topological polar surface area (TPSA) is 105 Å². The molecule has 0 bridgehead atoms. The van der Waals surface area contributed by atoms with E-state index < -0.39 is 12.0 Å². The lowest BCUT2D eigenvalue weighted by atomic mass is 10.0. The lowest BCUT2D eigenvalue weighted by Crippen LogP contribution is -2.30. The molecule has 1 amide bonds. The number of hydrogen-bond donors (Lipinski definition) is 3. The van der Waals surface area contributed by atoms with Crippen molar-refractivity contribution in [3.63, 3.8) is 0 Å². The zero-order chi connectivity index (χ0) is 13.5. The van der Waals surface area contributed by atoms with Crippen molar-refractivity contribution in [2.24, 2.45) is 10.8 Å². The molecule has 6 nitrogen and oxygen atoms in total. The zero-order valence-corrected chi connectivity index (χ0v) is 9.80. The van der Waals surface area contributed by atoms with Gasteiger partial charge in [0.05, 0.1) is 6.21 Å². The lowest BCUT2D eigenvalue weighted by molar-refractivity contribution is -0.138. The molecule has 6 heteroatoms. The Hall–Kier alpha value is -2.39. The Balaban J connectivity index is 2.71. The van der Waals surface area contributed by atoms with Gasteiger partial charge in [-0.3, -0.25) is 9.59 Å². The van der Waals surface area contributed by atoms with E-state index in [1.807, 2.05) is 0 Å². The van der Waals surface area contributed by atoms with Gasteiger partial charge < -0.3 is 10.8 Å². The Morgan fingerprint density at radius 1 is 1.56 bits per heavy atom. The van der Waals surface area contributed by atoms with E-state index in [2.05, 4.69) is 22.0 Å². The van der Waals surface area contributed by atoms with Crippen LogP contribution in [0.2, 0.25) is 0 Å². The molecule has 0 saturated heterocycles. The first-order chi connectivity index (χ1) is 8.49. The monoisotopic (exact) mass is 247 g/mol. The molecule has 0 fully saturated rings. The van der Waals surface area contributed by atoms with Crippen molar-refractivity contribution in [3.05, 3.63) is 34.8 Å². The van der Waals surface area contributed by atoms with Gasteiger partial charge in [-0.1, -0.05) is 11.5 Å². The van der Waals surface area contributed by atoms with E-state index in [0.29, 0.717) is 11.1 Å². The third kappa shape index (κ3) is 4.63. The highest BCUT2D eigenvalue weighted by Gasteiger charge is 2.12. The molecule has 4 N–H and O–H groups in total. The molecule has 0 aliphatic heterocycles. The number of carboxylic acid groups (broad SMARTS) is 1. The molecule has 1 aliphatic carbocycles. The third-order valence-corrected chi connectivity index (χ3v) is 2.01. The van der Waals surface area contributed by atoms with Crippen LogP contribution in [0.4, 0.5) is 0 Å². The highest BCUT2D eigenvalue weighted by atomic mass is 16.4. The van der Waals surface area contributed by atoms with Gasteiger partial charge in [0.15, 0.2) is 0 Å². The van der Waals surface area contributed by atoms with E-state index in [1.54, 1.807) is 12.2 Å². The molecular weight excluding hydrogens is 234 g/mol. The van der Waals surface area contributed by atoms with Gasteiger partial charge in [-0.15, -0.1) is 0 Å². The standard InChI is InChI=1S/C12H13N3O3/c1-8(16)15-14-7-10-4-2-9(3-5-10)6-11(13)12(17)18/h2,4,7,11H,6,13H2,1H3,(H,15,16)(H,17,18)/b14-7+. The first-order valence-corrected chi connectivity index (χ1v) is 5.20. The van der Waals surface area contributed by atoms with Gasteiger partial charge in [-0.05, 0) is 12.2 Å². The van der Waals surface area contributed by atoms with Crippen LogP contribution in [0.15, 0.2) is 39.9 Å². The smallest absolute Gasteiger partial charge is 0.320 e. The maximum atomic E-state index is 10.6. The van der Waals surface area contributed by atoms with Gasteiger partial charge in [0.1, 0.15) is 6.04 Å². The Bertz CT molecular complexity index is 519. The second kappa shape index (κ2) is 6.37.